The van der Waals surface area contributed by atoms with E-state index in [4.69, 9.17) is 9.47 Å². The summed E-state index contributed by atoms with van der Waals surface area (Å²) in [5.41, 5.74) is 1.50. The normalized spacial score (nSPS) is 11.5. The van der Waals surface area contributed by atoms with Crippen LogP contribution in [-0.4, -0.2) is 12.6 Å². The van der Waals surface area contributed by atoms with Crippen LogP contribution in [0.2, 0.25) is 0 Å². The lowest BCUT2D eigenvalue weighted by molar-refractivity contribution is 0.0287. The minimum absolute atomic E-state index is 0.273. The molecule has 0 radical (unpaired) electrons. The molecule has 30 heavy (non-hydrogen) atoms. The third-order valence-electron chi connectivity index (χ3n) is 5.14. The maximum absolute atomic E-state index is 12.7. The molecule has 2 aromatic rings. The fourth-order valence-electron chi connectivity index (χ4n) is 3.38. The zero-order valence-electron chi connectivity index (χ0n) is 18.2. The number of carbonyl (C=O) groups excluding carboxylic acids is 1. The van der Waals surface area contributed by atoms with E-state index in [0.717, 1.165) is 18.4 Å². The van der Waals surface area contributed by atoms with E-state index < -0.39 is 5.97 Å². The molecule has 0 saturated carbocycles. The van der Waals surface area contributed by atoms with Crippen LogP contribution in [0.1, 0.15) is 92.8 Å². The van der Waals surface area contributed by atoms with Gasteiger partial charge in [0.15, 0.2) is 0 Å². The number of hydrogen-bond acceptors (Lipinski definition) is 4. The zero-order chi connectivity index (χ0) is 21.6. The van der Waals surface area contributed by atoms with Crippen molar-refractivity contribution in [2.24, 2.45) is 0 Å². The van der Waals surface area contributed by atoms with Crippen LogP contribution in [0.25, 0.3) is 0 Å². The molecule has 2 rings (SSSR count). The Bertz CT molecular complexity index is 811. The number of ether oxygens (including phenoxy) is 2. The van der Waals surface area contributed by atoms with Gasteiger partial charge in [-0.15, -0.1) is 0 Å². The van der Waals surface area contributed by atoms with Gasteiger partial charge in [0.25, 0.3) is 0 Å². The van der Waals surface area contributed by atoms with Gasteiger partial charge in [0.1, 0.15) is 17.9 Å². The van der Waals surface area contributed by atoms with Crippen molar-refractivity contribution in [3.05, 3.63) is 65.2 Å². The zero-order valence-corrected chi connectivity index (χ0v) is 18.2. The lowest BCUT2D eigenvalue weighted by Crippen LogP contribution is -2.12. The largest absolute Gasteiger partial charge is 0.494 e. The first-order valence-electron chi connectivity index (χ1n) is 11.1. The van der Waals surface area contributed by atoms with Crippen LogP contribution in [0.15, 0.2) is 48.5 Å². The topological polar surface area (TPSA) is 59.3 Å². The lowest BCUT2D eigenvalue weighted by Gasteiger charge is -2.17. The maximum atomic E-state index is 12.7. The number of nitrogens with zero attached hydrogens (tertiary/aromatic N) is 1. The number of hydrogen-bond donors (Lipinski definition) is 0. The van der Waals surface area contributed by atoms with E-state index >= 15 is 0 Å². The third kappa shape index (κ3) is 7.55. The van der Waals surface area contributed by atoms with Gasteiger partial charge in [-0.1, -0.05) is 82.7 Å². The van der Waals surface area contributed by atoms with Gasteiger partial charge in [0.2, 0.25) is 0 Å². The Morgan fingerprint density at radius 1 is 0.967 bits per heavy atom. The van der Waals surface area contributed by atoms with Gasteiger partial charge in [-0.05, 0) is 36.6 Å². The number of rotatable bonds is 13. The molecule has 0 aliphatic rings. The lowest BCUT2D eigenvalue weighted by atomic mass is 10.1. The number of nitriles is 1. The van der Waals surface area contributed by atoms with E-state index in [1.165, 1.54) is 32.1 Å². The van der Waals surface area contributed by atoms with Crippen molar-refractivity contribution in [3.8, 4) is 11.8 Å². The SMILES string of the molecule is CCCCCCCCCOc1ccc(C(=O)OC(CC)c2ccccc2)c(C#N)c1. The summed E-state index contributed by atoms with van der Waals surface area (Å²) in [6.45, 7) is 4.81. The van der Waals surface area contributed by atoms with Gasteiger partial charge < -0.3 is 9.47 Å². The van der Waals surface area contributed by atoms with Crippen LogP contribution < -0.4 is 4.74 Å². The van der Waals surface area contributed by atoms with Crippen LogP contribution in [0.4, 0.5) is 0 Å². The van der Waals surface area contributed by atoms with Crippen molar-refractivity contribution in [1.82, 2.24) is 0 Å². The summed E-state index contributed by atoms with van der Waals surface area (Å²) < 4.78 is 11.5. The second kappa shape index (κ2) is 13.4. The van der Waals surface area contributed by atoms with Crippen LogP contribution >= 0.6 is 0 Å². The van der Waals surface area contributed by atoms with Gasteiger partial charge in [-0.2, -0.15) is 5.26 Å². The summed E-state index contributed by atoms with van der Waals surface area (Å²) in [6, 6.07) is 16.7. The predicted molar refractivity (Wildman–Crippen MR) is 120 cm³/mol. The molecule has 1 atom stereocenters. The highest BCUT2D eigenvalue weighted by molar-refractivity contribution is 5.92. The third-order valence-corrected chi connectivity index (χ3v) is 5.14. The number of unbranched alkanes of at least 4 members (excludes halogenated alkanes) is 6. The molecule has 0 fully saturated rings. The van der Waals surface area contributed by atoms with Crippen molar-refractivity contribution < 1.29 is 14.3 Å². The number of esters is 1. The van der Waals surface area contributed by atoms with Gasteiger partial charge in [0, 0.05) is 0 Å². The average molecular weight is 408 g/mol. The molecule has 0 bridgehead atoms. The molecule has 0 aromatic heterocycles. The molecule has 0 amide bonds. The summed E-state index contributed by atoms with van der Waals surface area (Å²) in [7, 11) is 0. The Kier molecular flexibility index (Phi) is 10.5. The Balaban J connectivity index is 1.89. The molecule has 0 aliphatic carbocycles. The molecule has 4 nitrogen and oxygen atoms in total. The Morgan fingerprint density at radius 2 is 1.67 bits per heavy atom. The van der Waals surface area contributed by atoms with Crippen molar-refractivity contribution >= 4 is 5.97 Å². The fraction of sp³-hybridized carbons (Fsp3) is 0.462. The smallest absolute Gasteiger partial charge is 0.340 e. The van der Waals surface area contributed by atoms with E-state index in [1.54, 1.807) is 18.2 Å². The Hall–Kier alpha value is -2.80. The minimum atomic E-state index is -0.485. The van der Waals surface area contributed by atoms with Crippen molar-refractivity contribution in [2.45, 2.75) is 71.3 Å². The summed E-state index contributed by atoms with van der Waals surface area (Å²) >= 11 is 0. The van der Waals surface area contributed by atoms with Gasteiger partial charge >= 0.3 is 5.97 Å². The summed E-state index contributed by atoms with van der Waals surface area (Å²) in [5.74, 6) is 0.130. The fourth-order valence-corrected chi connectivity index (χ4v) is 3.38. The first kappa shape index (κ1) is 23.5. The first-order valence-corrected chi connectivity index (χ1v) is 11.1. The second-order valence-electron chi connectivity index (χ2n) is 7.50. The number of carbonyl (C=O) groups is 1. The van der Waals surface area contributed by atoms with Crippen molar-refractivity contribution in [3.63, 3.8) is 0 Å². The highest BCUT2D eigenvalue weighted by Gasteiger charge is 2.19. The number of benzene rings is 2. The first-order chi connectivity index (χ1) is 14.7. The summed E-state index contributed by atoms with van der Waals surface area (Å²) in [6.07, 6.45) is 8.87. The Morgan fingerprint density at radius 3 is 2.33 bits per heavy atom. The predicted octanol–water partition coefficient (Wildman–Crippen LogP) is 7.00. The summed E-state index contributed by atoms with van der Waals surface area (Å²) in [4.78, 5) is 12.7. The maximum Gasteiger partial charge on any atom is 0.340 e. The van der Waals surface area contributed by atoms with Crippen LogP contribution in [0.5, 0.6) is 5.75 Å². The van der Waals surface area contributed by atoms with Crippen molar-refractivity contribution in [2.75, 3.05) is 6.61 Å². The average Bonchev–Trinajstić information content (AvgIpc) is 2.79. The van der Waals surface area contributed by atoms with Crippen LogP contribution in [0, 0.1) is 11.3 Å². The molecular weight excluding hydrogens is 374 g/mol. The molecule has 0 heterocycles. The molecule has 0 N–H and O–H groups in total. The Labute approximate surface area is 180 Å². The highest BCUT2D eigenvalue weighted by Crippen LogP contribution is 2.25. The molecule has 0 aliphatic heterocycles. The van der Waals surface area contributed by atoms with Gasteiger partial charge in [-0.25, -0.2) is 4.79 Å². The molecule has 0 saturated heterocycles. The minimum Gasteiger partial charge on any atom is -0.494 e. The molecule has 160 valence electrons. The van der Waals surface area contributed by atoms with Crippen LogP contribution in [-0.2, 0) is 4.74 Å². The van der Waals surface area contributed by atoms with Gasteiger partial charge in [-0.3, -0.25) is 0 Å². The second-order valence-corrected chi connectivity index (χ2v) is 7.50. The molecule has 0 spiro atoms. The molecule has 2 aromatic carbocycles. The molecule has 4 heteroatoms. The van der Waals surface area contributed by atoms with E-state index in [1.807, 2.05) is 37.3 Å². The van der Waals surface area contributed by atoms with Gasteiger partial charge in [0.05, 0.1) is 17.7 Å². The highest BCUT2D eigenvalue weighted by atomic mass is 16.5. The van der Waals surface area contributed by atoms with E-state index in [-0.39, 0.29) is 17.2 Å². The molecular formula is C26H33NO3. The van der Waals surface area contributed by atoms with Crippen molar-refractivity contribution in [1.29, 1.82) is 5.26 Å². The quantitative estimate of drug-likeness (QED) is 0.265. The van der Waals surface area contributed by atoms with E-state index in [9.17, 15) is 10.1 Å². The standard InChI is InChI=1S/C26H33NO3/c1-3-5-6-7-8-9-13-18-29-23-16-17-24(22(19-23)20-27)26(28)30-25(4-2)21-14-11-10-12-15-21/h10-12,14-17,19,25H,3-9,13,18H2,1-2H3. The van der Waals surface area contributed by atoms with E-state index in [0.29, 0.717) is 18.8 Å². The molecule has 1 unspecified atom stereocenters. The summed E-state index contributed by atoms with van der Waals surface area (Å²) in [5, 5.41) is 9.50. The van der Waals surface area contributed by atoms with E-state index in [2.05, 4.69) is 13.0 Å². The monoisotopic (exact) mass is 407 g/mol. The van der Waals surface area contributed by atoms with Crippen LogP contribution in [0.3, 0.4) is 0 Å².